The van der Waals surface area contributed by atoms with Crippen LogP contribution in [0.1, 0.15) is 5.56 Å². The Hall–Kier alpha value is -0.843. The molecule has 0 aliphatic rings. The normalized spacial score (nSPS) is 11.2. The molecule has 0 saturated carbocycles. The third-order valence-corrected chi connectivity index (χ3v) is 6.01. The van der Waals surface area contributed by atoms with Gasteiger partial charge in [0.05, 0.1) is 0 Å². The molecule has 0 N–H and O–H groups in total. The zero-order chi connectivity index (χ0) is 14.0. The Labute approximate surface area is 120 Å². The number of nitriles is 1. The lowest BCUT2D eigenvalue weighted by atomic mass is 10.2. The molecule has 0 saturated heterocycles. The molecule has 0 aliphatic carbocycles. The van der Waals surface area contributed by atoms with Crippen LogP contribution in [0.5, 0.6) is 0 Å². The lowest BCUT2D eigenvalue weighted by molar-refractivity contribution is 0.105. The van der Waals surface area contributed by atoms with E-state index in [0.717, 1.165) is 12.5 Å². The van der Waals surface area contributed by atoms with Crippen molar-refractivity contribution in [1.82, 2.24) is 0 Å². The van der Waals surface area contributed by atoms with Gasteiger partial charge in [-0.2, -0.15) is 5.26 Å². The number of rotatable bonds is 9. The van der Waals surface area contributed by atoms with Crippen LogP contribution in [-0.4, -0.2) is 35.4 Å². The summed E-state index contributed by atoms with van der Waals surface area (Å²) in [6.45, 7) is 0.473. The van der Waals surface area contributed by atoms with E-state index < -0.39 is 8.80 Å². The first-order valence-corrected chi connectivity index (χ1v) is 8.97. The summed E-state index contributed by atoms with van der Waals surface area (Å²) in [5.74, 6) is 0.628. The maximum absolute atomic E-state index is 8.47. The fraction of sp³-hybridized carbons (Fsp3) is 0.462. The fourth-order valence-corrected chi connectivity index (χ4v) is 4.07. The zero-order valence-corrected chi connectivity index (χ0v) is 13.1. The van der Waals surface area contributed by atoms with Crippen molar-refractivity contribution in [2.75, 3.05) is 26.6 Å². The maximum Gasteiger partial charge on any atom is 0.500 e. The molecule has 0 heterocycles. The van der Waals surface area contributed by atoms with Crippen LogP contribution >= 0.6 is 11.8 Å². The quantitative estimate of drug-likeness (QED) is 0.398. The zero-order valence-electron chi connectivity index (χ0n) is 11.3. The van der Waals surface area contributed by atoms with E-state index in [-0.39, 0.29) is 0 Å². The van der Waals surface area contributed by atoms with Crippen molar-refractivity contribution in [2.45, 2.75) is 12.5 Å². The van der Waals surface area contributed by atoms with E-state index in [1.54, 1.807) is 14.2 Å². The first kappa shape index (κ1) is 16.2. The molecule has 0 unspecified atom stereocenters. The molecular weight excluding hydrogens is 278 g/mol. The van der Waals surface area contributed by atoms with Gasteiger partial charge in [-0.3, -0.25) is 0 Å². The minimum atomic E-state index is -2.60. The lowest BCUT2D eigenvalue weighted by Crippen LogP contribution is -2.44. The second-order valence-electron chi connectivity index (χ2n) is 3.87. The van der Waals surface area contributed by atoms with Crippen molar-refractivity contribution < 1.29 is 13.3 Å². The minimum absolute atomic E-state index is 0.473. The number of hydrogen-bond donors (Lipinski definition) is 0. The number of aryl methyl sites for hydroxylation is 1. The lowest BCUT2D eigenvalue weighted by Gasteiger charge is -2.26. The van der Waals surface area contributed by atoms with Crippen molar-refractivity contribution in [3.63, 3.8) is 0 Å². The summed E-state index contributed by atoms with van der Waals surface area (Å²) in [7, 11) is 0.647. The van der Waals surface area contributed by atoms with Gasteiger partial charge in [0.2, 0.25) is 0 Å². The summed E-state index contributed by atoms with van der Waals surface area (Å²) < 4.78 is 16.8. The van der Waals surface area contributed by atoms with Crippen LogP contribution in [0.3, 0.4) is 0 Å². The SMILES string of the molecule is CO[Si](CCc1ccccc1)(OC)OCCSC#N. The van der Waals surface area contributed by atoms with E-state index in [9.17, 15) is 0 Å². The van der Waals surface area contributed by atoms with Crippen LogP contribution in [0.15, 0.2) is 30.3 Å². The highest BCUT2D eigenvalue weighted by atomic mass is 32.2. The third-order valence-electron chi connectivity index (χ3n) is 2.76. The van der Waals surface area contributed by atoms with Gasteiger partial charge in [0.15, 0.2) is 0 Å². The molecule has 0 aliphatic heterocycles. The first-order chi connectivity index (χ1) is 9.26. The van der Waals surface area contributed by atoms with Crippen LogP contribution in [0, 0.1) is 10.7 Å². The van der Waals surface area contributed by atoms with Crippen LogP contribution in [0.2, 0.25) is 6.04 Å². The third kappa shape index (κ3) is 5.76. The predicted molar refractivity (Wildman–Crippen MR) is 78.7 cm³/mol. The van der Waals surface area contributed by atoms with Crippen LogP contribution in [-0.2, 0) is 19.7 Å². The molecule has 1 rings (SSSR count). The van der Waals surface area contributed by atoms with Crippen molar-refractivity contribution in [3.05, 3.63) is 35.9 Å². The molecule has 19 heavy (non-hydrogen) atoms. The molecule has 0 atom stereocenters. The minimum Gasteiger partial charge on any atom is -0.377 e. The highest BCUT2D eigenvalue weighted by Crippen LogP contribution is 2.18. The van der Waals surface area contributed by atoms with Gasteiger partial charge in [-0.1, -0.05) is 30.3 Å². The smallest absolute Gasteiger partial charge is 0.377 e. The van der Waals surface area contributed by atoms with Crippen LogP contribution in [0.4, 0.5) is 0 Å². The summed E-state index contributed by atoms with van der Waals surface area (Å²) >= 11 is 1.18. The Morgan fingerprint density at radius 2 is 1.89 bits per heavy atom. The number of nitrogens with zero attached hydrogens (tertiary/aromatic N) is 1. The molecule has 0 radical (unpaired) electrons. The molecule has 4 nitrogen and oxygen atoms in total. The molecule has 6 heteroatoms. The van der Waals surface area contributed by atoms with Gasteiger partial charge in [-0.15, -0.1) is 0 Å². The number of benzene rings is 1. The van der Waals surface area contributed by atoms with Crippen molar-refractivity contribution >= 4 is 20.6 Å². The molecule has 0 fully saturated rings. The number of thiocyanates is 1. The molecule has 104 valence electrons. The second kappa shape index (κ2) is 9.12. The molecular formula is C13H19NO3SSi. The maximum atomic E-state index is 8.47. The van der Waals surface area contributed by atoms with E-state index in [1.165, 1.54) is 17.3 Å². The molecule has 0 spiro atoms. The summed E-state index contributed by atoms with van der Waals surface area (Å²) in [6, 6.07) is 10.9. The van der Waals surface area contributed by atoms with Crippen LogP contribution < -0.4 is 0 Å². The molecule has 0 amide bonds. The average molecular weight is 297 g/mol. The highest BCUT2D eigenvalue weighted by Gasteiger charge is 2.38. The predicted octanol–water partition coefficient (Wildman–Crippen LogP) is 2.69. The standard InChI is InChI=1S/C13H19NO3SSi/c1-15-19(16-2,17-9-10-18-12-14)11-8-13-6-4-3-5-7-13/h3-7H,8-11H2,1-2H3. The topological polar surface area (TPSA) is 51.5 Å². The van der Waals surface area contributed by atoms with Gasteiger partial charge < -0.3 is 13.3 Å². The average Bonchev–Trinajstić information content (AvgIpc) is 2.48. The second-order valence-corrected chi connectivity index (χ2v) is 7.72. The first-order valence-electron chi connectivity index (χ1n) is 6.05. The van der Waals surface area contributed by atoms with E-state index >= 15 is 0 Å². The van der Waals surface area contributed by atoms with Crippen molar-refractivity contribution in [1.29, 1.82) is 5.26 Å². The Morgan fingerprint density at radius 1 is 1.21 bits per heavy atom. The van der Waals surface area contributed by atoms with Crippen LogP contribution in [0.25, 0.3) is 0 Å². The Bertz CT molecular complexity index is 393. The Balaban J connectivity index is 2.48. The summed E-state index contributed by atoms with van der Waals surface area (Å²) in [5, 5.41) is 10.5. The summed E-state index contributed by atoms with van der Waals surface area (Å²) in [5.41, 5.74) is 1.24. The van der Waals surface area contributed by atoms with E-state index in [0.29, 0.717) is 12.4 Å². The number of hydrogen-bond acceptors (Lipinski definition) is 5. The fourth-order valence-electron chi connectivity index (χ4n) is 1.70. The molecule has 0 bridgehead atoms. The van der Waals surface area contributed by atoms with Gasteiger partial charge in [0, 0.05) is 32.6 Å². The van der Waals surface area contributed by atoms with Gasteiger partial charge >= 0.3 is 8.80 Å². The largest absolute Gasteiger partial charge is 0.500 e. The van der Waals surface area contributed by atoms with Crippen molar-refractivity contribution in [3.8, 4) is 5.40 Å². The van der Waals surface area contributed by atoms with Gasteiger partial charge in [0.25, 0.3) is 0 Å². The van der Waals surface area contributed by atoms with E-state index in [1.807, 2.05) is 23.6 Å². The Morgan fingerprint density at radius 3 is 2.47 bits per heavy atom. The molecule has 0 aromatic heterocycles. The molecule has 1 aromatic rings. The summed E-state index contributed by atoms with van der Waals surface area (Å²) in [4.78, 5) is 0. The van der Waals surface area contributed by atoms with E-state index in [4.69, 9.17) is 18.5 Å². The number of thioether (sulfide) groups is 1. The monoisotopic (exact) mass is 297 g/mol. The van der Waals surface area contributed by atoms with Gasteiger partial charge in [-0.05, 0) is 23.7 Å². The highest BCUT2D eigenvalue weighted by molar-refractivity contribution is 8.03. The molecule has 1 aromatic carbocycles. The van der Waals surface area contributed by atoms with Crippen molar-refractivity contribution in [2.24, 2.45) is 0 Å². The van der Waals surface area contributed by atoms with E-state index in [2.05, 4.69) is 12.1 Å². The summed E-state index contributed by atoms with van der Waals surface area (Å²) in [6.07, 6.45) is 0.861. The van der Waals surface area contributed by atoms with Gasteiger partial charge in [-0.25, -0.2) is 0 Å². The van der Waals surface area contributed by atoms with Gasteiger partial charge in [0.1, 0.15) is 5.40 Å². The Kier molecular flexibility index (Phi) is 7.78.